The molecule has 0 aliphatic heterocycles. The number of carbonyl (C=O) groups excluding carboxylic acids is 3. The van der Waals surface area contributed by atoms with Crippen molar-refractivity contribution in [3.8, 4) is 0 Å². The fourth-order valence-electron chi connectivity index (χ4n) is 2.87. The zero-order valence-electron chi connectivity index (χ0n) is 14.4. The number of carboxylic acid groups (broad SMARTS) is 1. The summed E-state index contributed by atoms with van der Waals surface area (Å²) in [4.78, 5) is 48.0. The number of nitrogens with two attached hydrogens (primary N) is 1. The molecule has 1 aromatic rings. The van der Waals surface area contributed by atoms with Gasteiger partial charge in [-0.1, -0.05) is 12.2 Å². The van der Waals surface area contributed by atoms with Gasteiger partial charge in [-0.3, -0.25) is 14.4 Å². The molecule has 1 aliphatic carbocycles. The van der Waals surface area contributed by atoms with Crippen LogP contribution >= 0.6 is 11.3 Å². The summed E-state index contributed by atoms with van der Waals surface area (Å²) in [7, 11) is 0. The zero-order valence-corrected chi connectivity index (χ0v) is 15.2. The molecule has 0 bridgehead atoms. The number of nitrogens with one attached hydrogen (secondary N) is 1. The number of hydrogen-bond donors (Lipinski definition) is 3. The quantitative estimate of drug-likeness (QED) is 0.510. The van der Waals surface area contributed by atoms with Gasteiger partial charge >= 0.3 is 11.9 Å². The van der Waals surface area contributed by atoms with Crippen molar-refractivity contribution >= 4 is 40.1 Å². The second-order valence-electron chi connectivity index (χ2n) is 5.83. The van der Waals surface area contributed by atoms with Gasteiger partial charge in [-0.2, -0.15) is 0 Å². The lowest BCUT2D eigenvalue weighted by Crippen LogP contribution is -2.35. The summed E-state index contributed by atoms with van der Waals surface area (Å²) >= 11 is 0.892. The van der Waals surface area contributed by atoms with Gasteiger partial charge in [-0.15, -0.1) is 11.3 Å². The van der Waals surface area contributed by atoms with Crippen LogP contribution in [-0.2, 0) is 14.3 Å². The number of primary amides is 1. The van der Waals surface area contributed by atoms with Crippen LogP contribution < -0.4 is 11.1 Å². The second kappa shape index (κ2) is 8.13. The van der Waals surface area contributed by atoms with Crippen LogP contribution in [0.1, 0.15) is 45.4 Å². The van der Waals surface area contributed by atoms with Gasteiger partial charge in [0.2, 0.25) is 5.91 Å². The molecule has 4 N–H and O–H groups in total. The Bertz CT molecular complexity index is 782. The van der Waals surface area contributed by atoms with Gasteiger partial charge in [0.25, 0.3) is 5.91 Å². The van der Waals surface area contributed by atoms with Gasteiger partial charge < -0.3 is 20.9 Å². The molecule has 26 heavy (non-hydrogen) atoms. The summed E-state index contributed by atoms with van der Waals surface area (Å²) < 4.78 is 4.95. The number of anilines is 1. The Morgan fingerprint density at radius 3 is 2.42 bits per heavy atom. The van der Waals surface area contributed by atoms with Crippen LogP contribution in [0.25, 0.3) is 0 Å². The molecule has 0 saturated heterocycles. The Kier molecular flexibility index (Phi) is 6.14. The first-order valence-corrected chi connectivity index (χ1v) is 8.88. The van der Waals surface area contributed by atoms with Gasteiger partial charge in [-0.25, -0.2) is 4.79 Å². The summed E-state index contributed by atoms with van der Waals surface area (Å²) in [6.07, 6.45) is 4.02. The predicted octanol–water partition coefficient (Wildman–Crippen LogP) is 1.94. The maximum absolute atomic E-state index is 12.6. The van der Waals surface area contributed by atoms with Crippen LogP contribution in [0.3, 0.4) is 0 Å². The highest BCUT2D eigenvalue weighted by Gasteiger charge is 2.35. The zero-order chi connectivity index (χ0) is 19.4. The van der Waals surface area contributed by atoms with Crippen molar-refractivity contribution in [3.05, 3.63) is 28.2 Å². The molecule has 0 unspecified atom stereocenters. The number of rotatable bonds is 6. The second-order valence-corrected chi connectivity index (χ2v) is 6.85. The molecule has 0 aromatic carbocycles. The fourth-order valence-corrected chi connectivity index (χ4v) is 3.98. The van der Waals surface area contributed by atoms with E-state index in [1.807, 2.05) is 0 Å². The van der Waals surface area contributed by atoms with E-state index in [-0.39, 0.29) is 34.9 Å². The predicted molar refractivity (Wildman–Crippen MR) is 95.1 cm³/mol. The smallest absolute Gasteiger partial charge is 0.348 e. The van der Waals surface area contributed by atoms with Crippen molar-refractivity contribution < 1.29 is 29.0 Å². The lowest BCUT2D eigenvalue weighted by Gasteiger charge is -2.24. The number of ether oxygens (including phenoxy) is 1. The van der Waals surface area contributed by atoms with Crippen LogP contribution in [0, 0.1) is 18.8 Å². The van der Waals surface area contributed by atoms with Crippen LogP contribution in [0.2, 0.25) is 0 Å². The van der Waals surface area contributed by atoms with E-state index < -0.39 is 35.6 Å². The summed E-state index contributed by atoms with van der Waals surface area (Å²) in [5, 5.41) is 12.0. The molecule has 2 atom stereocenters. The number of esters is 1. The lowest BCUT2D eigenvalue weighted by molar-refractivity contribution is -0.146. The number of thiophene rings is 1. The number of carboxylic acids is 1. The first kappa shape index (κ1) is 19.6. The van der Waals surface area contributed by atoms with Crippen molar-refractivity contribution in [2.75, 3.05) is 11.9 Å². The topological polar surface area (TPSA) is 136 Å². The minimum atomic E-state index is -1.06. The van der Waals surface area contributed by atoms with Crippen molar-refractivity contribution in [2.45, 2.75) is 26.7 Å². The number of carbonyl (C=O) groups is 4. The molecule has 9 heteroatoms. The standard InChI is InChI=1S/C17H20N2O6S/c1-3-25-17(24)12-8(2)11(13(18)20)15(26-12)19-14(21)9-6-4-5-7-10(9)16(22)23/h4-5,9-10H,3,6-7H2,1-2H3,(H2,18,20)(H,19,21)(H,22,23)/t9-,10+/m1/s1. The van der Waals surface area contributed by atoms with Gasteiger partial charge in [0.05, 0.1) is 24.0 Å². The first-order valence-electron chi connectivity index (χ1n) is 8.06. The molecule has 1 aromatic heterocycles. The molecular formula is C17H20N2O6S. The highest BCUT2D eigenvalue weighted by Crippen LogP contribution is 2.35. The summed E-state index contributed by atoms with van der Waals surface area (Å²) in [5.74, 6) is -4.60. The van der Waals surface area contributed by atoms with Crippen molar-refractivity contribution in [2.24, 2.45) is 17.6 Å². The van der Waals surface area contributed by atoms with E-state index in [9.17, 15) is 24.3 Å². The van der Waals surface area contributed by atoms with E-state index in [0.717, 1.165) is 11.3 Å². The molecule has 0 saturated carbocycles. The van der Waals surface area contributed by atoms with Gasteiger partial charge in [0.15, 0.2) is 0 Å². The van der Waals surface area contributed by atoms with E-state index >= 15 is 0 Å². The average molecular weight is 380 g/mol. The Morgan fingerprint density at radius 1 is 1.27 bits per heavy atom. The maximum atomic E-state index is 12.6. The molecule has 2 amide bonds. The van der Waals surface area contributed by atoms with Crippen molar-refractivity contribution in [1.29, 1.82) is 0 Å². The third-order valence-corrected chi connectivity index (χ3v) is 5.36. The van der Waals surface area contributed by atoms with Crippen LogP contribution in [0.4, 0.5) is 5.00 Å². The van der Waals surface area contributed by atoms with E-state index in [4.69, 9.17) is 10.5 Å². The molecule has 8 nitrogen and oxygen atoms in total. The molecule has 1 heterocycles. The van der Waals surface area contributed by atoms with Crippen LogP contribution in [0.15, 0.2) is 12.2 Å². The molecule has 0 fully saturated rings. The summed E-state index contributed by atoms with van der Waals surface area (Å²) in [5.41, 5.74) is 5.75. The molecule has 0 radical (unpaired) electrons. The lowest BCUT2D eigenvalue weighted by atomic mass is 9.82. The highest BCUT2D eigenvalue weighted by molar-refractivity contribution is 7.18. The third kappa shape index (κ3) is 3.93. The van der Waals surface area contributed by atoms with E-state index in [0.29, 0.717) is 5.56 Å². The molecular weight excluding hydrogens is 360 g/mol. The molecule has 0 spiro atoms. The SMILES string of the molecule is CCOC(=O)c1sc(NC(=O)[C@@H]2CC=CC[C@@H]2C(=O)O)c(C(N)=O)c1C. The maximum Gasteiger partial charge on any atom is 0.348 e. The minimum Gasteiger partial charge on any atom is -0.481 e. The Hall–Kier alpha value is -2.68. The summed E-state index contributed by atoms with van der Waals surface area (Å²) in [6, 6.07) is 0. The Labute approximate surface area is 154 Å². The van der Waals surface area contributed by atoms with Crippen LogP contribution in [-0.4, -0.2) is 35.5 Å². The summed E-state index contributed by atoms with van der Waals surface area (Å²) in [6.45, 7) is 3.36. The van der Waals surface area contributed by atoms with Crippen LogP contribution in [0.5, 0.6) is 0 Å². The van der Waals surface area contributed by atoms with Crippen molar-refractivity contribution in [3.63, 3.8) is 0 Å². The van der Waals surface area contributed by atoms with E-state index in [2.05, 4.69) is 5.32 Å². The highest BCUT2D eigenvalue weighted by atomic mass is 32.1. The first-order chi connectivity index (χ1) is 12.3. The normalized spacial score (nSPS) is 19.0. The largest absolute Gasteiger partial charge is 0.481 e. The molecule has 140 valence electrons. The average Bonchev–Trinajstić information content (AvgIpc) is 2.91. The van der Waals surface area contributed by atoms with Gasteiger partial charge in [0, 0.05) is 0 Å². The van der Waals surface area contributed by atoms with Gasteiger partial charge in [0.1, 0.15) is 9.88 Å². The number of aliphatic carboxylic acids is 1. The fraction of sp³-hybridized carbons (Fsp3) is 0.412. The number of amides is 2. The van der Waals surface area contributed by atoms with Gasteiger partial charge in [-0.05, 0) is 32.3 Å². The Morgan fingerprint density at radius 2 is 1.88 bits per heavy atom. The molecule has 1 aliphatic rings. The van der Waals surface area contributed by atoms with Crippen molar-refractivity contribution in [1.82, 2.24) is 0 Å². The third-order valence-electron chi connectivity index (χ3n) is 4.18. The van der Waals surface area contributed by atoms with E-state index in [1.165, 1.54) is 0 Å². The number of allylic oxidation sites excluding steroid dienone is 2. The minimum absolute atomic E-state index is 0.0321. The monoisotopic (exact) mass is 380 g/mol. The van der Waals surface area contributed by atoms with E-state index in [1.54, 1.807) is 26.0 Å². The Balaban J connectivity index is 2.33. The molecule has 2 rings (SSSR count). The number of hydrogen-bond acceptors (Lipinski definition) is 6.